The van der Waals surface area contributed by atoms with Crippen molar-refractivity contribution in [3.05, 3.63) is 89.6 Å². The molecule has 2 fully saturated rings. The van der Waals surface area contributed by atoms with E-state index in [0.29, 0.717) is 126 Å². The van der Waals surface area contributed by atoms with Gasteiger partial charge in [0.1, 0.15) is 42.2 Å². The van der Waals surface area contributed by atoms with Crippen LogP contribution in [0, 0.1) is 0 Å². The van der Waals surface area contributed by atoms with Crippen molar-refractivity contribution in [2.24, 2.45) is 0 Å². The minimum absolute atomic E-state index is 0.0685. The second-order valence-corrected chi connectivity index (χ2v) is 21.4. The van der Waals surface area contributed by atoms with Gasteiger partial charge in [0.25, 0.3) is 11.8 Å². The first-order chi connectivity index (χ1) is 37.0. The number of benzene rings is 2. The average molecular weight is 1070 g/mol. The van der Waals surface area contributed by atoms with Crippen LogP contribution in [0.1, 0.15) is 137 Å². The Morgan fingerprint density at radius 1 is 0.831 bits per heavy atom. The molecule has 0 saturated carbocycles. The SMILES string of the molecule is C=C1CCC(N2C(=O)c3cccc(NCCOCCOCCOCCC(=O)CCCCCNc4ncnc5c4ncn5[C@@H]4O[C@H](CN(CCCCC(=O)Cc5ccc(C(C)(C)C)cc5)C(C)C)C(O)[C@@H]4O)c3C2=O)C(=O)N1. The number of carbonyl (C=O) groups excluding carboxylic acids is 5. The van der Waals surface area contributed by atoms with Crippen LogP contribution in [0.3, 0.4) is 0 Å². The number of rotatable bonds is 32. The van der Waals surface area contributed by atoms with Gasteiger partial charge in [-0.2, -0.15) is 0 Å². The number of aliphatic hydroxyl groups excluding tert-OH is 2. The maximum atomic E-state index is 13.3. The number of fused-ring (bicyclic) bond motifs is 2. The molecule has 418 valence electrons. The zero-order valence-electron chi connectivity index (χ0n) is 45.5. The first kappa shape index (κ1) is 58.7. The van der Waals surface area contributed by atoms with Crippen LogP contribution < -0.4 is 16.0 Å². The molecule has 2 saturated heterocycles. The van der Waals surface area contributed by atoms with Crippen molar-refractivity contribution in [3.63, 3.8) is 0 Å². The van der Waals surface area contributed by atoms with E-state index in [-0.39, 0.29) is 34.2 Å². The van der Waals surface area contributed by atoms with Crippen LogP contribution in [-0.2, 0) is 45.2 Å². The number of imide groups is 1. The highest BCUT2D eigenvalue weighted by Crippen LogP contribution is 2.35. The number of piperidine rings is 1. The van der Waals surface area contributed by atoms with Crippen molar-refractivity contribution in [3.8, 4) is 0 Å². The van der Waals surface area contributed by atoms with Gasteiger partial charge in [0.15, 0.2) is 23.2 Å². The Kier molecular flexibility index (Phi) is 21.4. The zero-order valence-corrected chi connectivity index (χ0v) is 45.5. The molecule has 0 aliphatic carbocycles. The largest absolute Gasteiger partial charge is 0.387 e. The Hall–Kier alpha value is -6.00. The van der Waals surface area contributed by atoms with Crippen molar-refractivity contribution in [2.45, 2.75) is 147 Å². The maximum absolute atomic E-state index is 13.3. The molecule has 2 unspecified atom stereocenters. The number of unbranched alkanes of at least 4 members (excludes halogenated alkanes) is 3. The van der Waals surface area contributed by atoms with Crippen LogP contribution in [0.4, 0.5) is 11.5 Å². The van der Waals surface area contributed by atoms with Crippen LogP contribution in [0.2, 0.25) is 0 Å². The van der Waals surface area contributed by atoms with Crippen LogP contribution in [0.25, 0.3) is 11.2 Å². The number of allylic oxidation sites excluding steroid dienone is 1. The summed E-state index contributed by atoms with van der Waals surface area (Å²) in [5.41, 5.74) is 4.92. The zero-order chi connectivity index (χ0) is 55.1. The summed E-state index contributed by atoms with van der Waals surface area (Å²) in [5.74, 6) is -0.489. The molecule has 20 heteroatoms. The lowest BCUT2D eigenvalue weighted by Crippen LogP contribution is -2.51. The summed E-state index contributed by atoms with van der Waals surface area (Å²) in [4.78, 5) is 80.9. The molecule has 5 heterocycles. The van der Waals surface area contributed by atoms with Gasteiger partial charge in [-0.05, 0) is 87.6 Å². The molecule has 5 atom stereocenters. The summed E-state index contributed by atoms with van der Waals surface area (Å²) in [7, 11) is 0. The summed E-state index contributed by atoms with van der Waals surface area (Å²) < 4.78 is 24.8. The highest BCUT2D eigenvalue weighted by molar-refractivity contribution is 6.25. The normalized spacial score (nSPS) is 19.7. The molecule has 77 heavy (non-hydrogen) atoms. The number of amides is 3. The predicted molar refractivity (Wildman–Crippen MR) is 290 cm³/mol. The summed E-state index contributed by atoms with van der Waals surface area (Å²) in [6.45, 7) is 18.7. The topological polar surface area (TPSA) is 249 Å². The number of nitrogens with zero attached hydrogens (tertiary/aromatic N) is 6. The third-order valence-corrected chi connectivity index (χ3v) is 14.3. The lowest BCUT2D eigenvalue weighted by Gasteiger charge is -2.30. The molecule has 20 nitrogen and oxygen atoms in total. The van der Waals surface area contributed by atoms with Gasteiger partial charge in [-0.3, -0.25) is 38.3 Å². The van der Waals surface area contributed by atoms with Gasteiger partial charge in [0, 0.05) is 62.7 Å². The van der Waals surface area contributed by atoms with Gasteiger partial charge in [0.05, 0.1) is 57.1 Å². The third kappa shape index (κ3) is 15.8. The Balaban J connectivity index is 0.709. The Labute approximate surface area is 451 Å². The van der Waals surface area contributed by atoms with E-state index in [1.807, 2.05) is 0 Å². The fourth-order valence-corrected chi connectivity index (χ4v) is 9.83. The van der Waals surface area contributed by atoms with Crippen molar-refractivity contribution >= 4 is 52.0 Å². The number of nitrogens with one attached hydrogen (secondary N) is 3. The maximum Gasteiger partial charge on any atom is 0.264 e. The Bertz CT molecular complexity index is 2650. The van der Waals surface area contributed by atoms with Crippen LogP contribution >= 0.6 is 0 Å². The quantitative estimate of drug-likeness (QED) is 0.0281. The van der Waals surface area contributed by atoms with E-state index in [1.165, 1.54) is 11.9 Å². The molecule has 7 rings (SSSR count). The molecule has 4 aromatic rings. The number of imidazole rings is 1. The standard InChI is InChI=1S/C57H79N9O11/c1-37(2)64(26-11-9-14-42(68)33-39-18-20-40(21-19-39)57(4,5)6)34-46-49(69)50(70)56(77-46)65-36-62-48-51(60-35-61-52(48)65)59-24-10-7-8-13-41(67)23-27-74-29-31-76-32-30-75-28-25-58-44-16-12-15-43-47(44)55(73)66(54(43)72)45-22-17-38(3)63-53(45)71/h12,15-16,18-21,35-37,45-46,49-50,56,58,69-70H,3,7-11,13-14,17,22-34H2,1-2,4-6H3,(H,63,71)(H,59,60,61)/t45?,46-,49?,50+,56-/m1/s1. The number of hydrogen-bond donors (Lipinski definition) is 5. The van der Waals surface area contributed by atoms with Crippen molar-refractivity contribution in [1.82, 2.24) is 34.6 Å². The van der Waals surface area contributed by atoms with E-state index in [2.05, 4.69) is 101 Å². The molecular weight excluding hydrogens is 987 g/mol. The van der Waals surface area contributed by atoms with E-state index < -0.39 is 48.3 Å². The molecular formula is C57H79N9O11. The lowest BCUT2D eigenvalue weighted by atomic mass is 9.86. The monoisotopic (exact) mass is 1070 g/mol. The van der Waals surface area contributed by atoms with Gasteiger partial charge >= 0.3 is 0 Å². The fraction of sp³-hybridized carbons (Fsp3) is 0.579. The lowest BCUT2D eigenvalue weighted by molar-refractivity contribution is -0.125. The number of anilines is 2. The summed E-state index contributed by atoms with van der Waals surface area (Å²) in [6.07, 6.45) is 5.60. The van der Waals surface area contributed by atoms with E-state index in [1.54, 1.807) is 29.1 Å². The highest BCUT2D eigenvalue weighted by Gasteiger charge is 2.46. The van der Waals surface area contributed by atoms with E-state index in [4.69, 9.17) is 18.9 Å². The Morgan fingerprint density at radius 2 is 1.55 bits per heavy atom. The molecule has 3 amide bonds. The highest BCUT2D eigenvalue weighted by atomic mass is 16.6. The molecule has 5 N–H and O–H groups in total. The van der Waals surface area contributed by atoms with Gasteiger partial charge < -0.3 is 45.1 Å². The first-order valence-corrected chi connectivity index (χ1v) is 27.3. The van der Waals surface area contributed by atoms with Crippen LogP contribution in [-0.4, -0.2) is 165 Å². The number of Topliss-reactive ketones (excluding diaryl/α,β-unsaturated/α-hetero) is 2. The molecule has 2 aromatic heterocycles. The fourth-order valence-electron chi connectivity index (χ4n) is 9.83. The van der Waals surface area contributed by atoms with Gasteiger partial charge in [0.2, 0.25) is 5.91 Å². The van der Waals surface area contributed by atoms with Gasteiger partial charge in [-0.15, -0.1) is 0 Å². The van der Waals surface area contributed by atoms with Crippen molar-refractivity contribution in [2.75, 3.05) is 76.5 Å². The minimum atomic E-state index is -1.21. The number of hydrogen-bond acceptors (Lipinski definition) is 17. The van der Waals surface area contributed by atoms with Crippen LogP contribution in [0.5, 0.6) is 0 Å². The number of carbonyl (C=O) groups is 5. The van der Waals surface area contributed by atoms with Crippen molar-refractivity contribution in [1.29, 1.82) is 0 Å². The van der Waals surface area contributed by atoms with E-state index >= 15 is 0 Å². The number of ether oxygens (including phenoxy) is 4. The molecule has 3 aliphatic heterocycles. The number of aromatic nitrogens is 4. The van der Waals surface area contributed by atoms with Crippen molar-refractivity contribution < 1.29 is 53.1 Å². The molecule has 2 aromatic carbocycles. The molecule has 3 aliphatic rings. The summed E-state index contributed by atoms with van der Waals surface area (Å²) >= 11 is 0. The molecule has 0 radical (unpaired) electrons. The summed E-state index contributed by atoms with van der Waals surface area (Å²) in [6, 6.07) is 12.6. The van der Waals surface area contributed by atoms with Gasteiger partial charge in [-0.1, -0.05) is 64.1 Å². The van der Waals surface area contributed by atoms with E-state index in [9.17, 15) is 34.2 Å². The third-order valence-electron chi connectivity index (χ3n) is 14.3. The molecule has 0 bridgehead atoms. The smallest absolute Gasteiger partial charge is 0.264 e. The number of aliphatic hydroxyl groups is 2. The minimum Gasteiger partial charge on any atom is -0.387 e. The second-order valence-electron chi connectivity index (χ2n) is 21.4. The second kappa shape index (κ2) is 28.1. The van der Waals surface area contributed by atoms with E-state index in [0.717, 1.165) is 49.1 Å². The average Bonchev–Trinajstić information content (AvgIpc) is 4.04. The first-order valence-electron chi connectivity index (χ1n) is 27.3. The molecule has 0 spiro atoms. The van der Waals surface area contributed by atoms with Crippen LogP contribution in [0.15, 0.2) is 67.4 Å². The summed E-state index contributed by atoms with van der Waals surface area (Å²) in [5, 5.41) is 31.5. The predicted octanol–water partition coefficient (Wildman–Crippen LogP) is 5.92. The Morgan fingerprint density at radius 3 is 2.27 bits per heavy atom. The van der Waals surface area contributed by atoms with Gasteiger partial charge in [-0.25, -0.2) is 15.0 Å². The number of ketones is 2.